The summed E-state index contributed by atoms with van der Waals surface area (Å²) < 4.78 is 71.9. The predicted octanol–water partition coefficient (Wildman–Crippen LogP) is -1.41. The number of benzene rings is 4. The molecule has 0 unspecified atom stereocenters. The molecule has 50 heavy (non-hydrogen) atoms. The van der Waals surface area contributed by atoms with E-state index in [0.29, 0.717) is 50.1 Å². The smallest absolute Gasteiger partial charge is 0.744 e. The molecule has 14 nitrogen and oxygen atoms in total. The Morgan fingerprint density at radius 3 is 1.52 bits per heavy atom. The van der Waals surface area contributed by atoms with Crippen LogP contribution in [0.5, 0.6) is 0 Å². The van der Waals surface area contributed by atoms with E-state index in [9.17, 15) is 25.9 Å². The summed E-state index contributed by atoms with van der Waals surface area (Å²) in [6.45, 7) is 0. The molecule has 0 radical (unpaired) electrons. The van der Waals surface area contributed by atoms with Gasteiger partial charge in [-0.05, 0) is 36.4 Å². The minimum atomic E-state index is -4.80. The zero-order chi connectivity index (χ0) is 32.9. The van der Waals surface area contributed by atoms with Crippen LogP contribution in [0.3, 0.4) is 0 Å². The van der Waals surface area contributed by atoms with Crippen molar-refractivity contribution in [3.8, 4) is 68.3 Å². The monoisotopic (exact) mass is 718 g/mol. The molecule has 18 heteroatoms. The van der Waals surface area contributed by atoms with Crippen LogP contribution in [-0.2, 0) is 20.2 Å². The second-order valence-corrected chi connectivity index (χ2v) is 13.8. The van der Waals surface area contributed by atoms with Crippen molar-refractivity contribution in [2.45, 2.75) is 9.79 Å². The maximum absolute atomic E-state index is 12.0. The third-order valence-corrected chi connectivity index (χ3v) is 9.83. The summed E-state index contributed by atoms with van der Waals surface area (Å²) in [6, 6.07) is 22.3. The maximum atomic E-state index is 12.0. The minimum Gasteiger partial charge on any atom is -0.744 e. The van der Waals surface area contributed by atoms with Crippen molar-refractivity contribution in [1.29, 1.82) is 0 Å². The van der Waals surface area contributed by atoms with E-state index < -0.39 is 30.0 Å². The molecule has 234 valence electrons. The standard InChI is InChI=1S/C32H18N8O6S2.2Na/c41-47(42,43)15-9-11-21-23(13-15)32-38-28-20-8-4-2-6-18(20)26(34-28)36-30-22-12-10-16(48(44,45)46)14-24(22)31(40-30)37-27-19-7-3-1-5-17(19)25(33-27)35-29(21)39-32;;/h1-14H,(H,41,42,43)(H,44,45,46)(H2,33,34,35,36,37,38,39,40);;/q;2*+1/p-2. The molecule has 0 atom stereocenters. The second kappa shape index (κ2) is 12.4. The Kier molecular flexibility index (Phi) is 8.54. The van der Waals surface area contributed by atoms with Gasteiger partial charge in [0.15, 0.2) is 29.1 Å². The van der Waals surface area contributed by atoms with E-state index in [2.05, 4.69) is 15.0 Å². The topological polar surface area (TPSA) is 223 Å². The van der Waals surface area contributed by atoms with Crippen molar-refractivity contribution in [3.05, 3.63) is 84.9 Å². The summed E-state index contributed by atoms with van der Waals surface area (Å²) in [6.07, 6.45) is 0. The molecule has 4 aromatic carbocycles. The molecule has 0 saturated carbocycles. The fraction of sp³-hybridized carbons (Fsp3) is 0. The Morgan fingerprint density at radius 2 is 0.920 bits per heavy atom. The molecule has 0 aliphatic carbocycles. The van der Waals surface area contributed by atoms with E-state index in [4.69, 9.17) is 24.9 Å². The predicted molar refractivity (Wildman–Crippen MR) is 170 cm³/mol. The zero-order valence-electron chi connectivity index (χ0n) is 26.0. The van der Waals surface area contributed by atoms with Crippen LogP contribution >= 0.6 is 0 Å². The van der Waals surface area contributed by atoms with Crippen LogP contribution in [0.15, 0.2) is 94.7 Å². The van der Waals surface area contributed by atoms with Gasteiger partial charge in [0, 0.05) is 44.2 Å². The third-order valence-electron chi connectivity index (χ3n) is 8.17. The molecule has 9 rings (SSSR count). The van der Waals surface area contributed by atoms with E-state index >= 15 is 0 Å². The number of nitrogens with zero attached hydrogens (tertiary/aromatic N) is 6. The first-order chi connectivity index (χ1) is 23.0. The Morgan fingerprint density at radius 1 is 0.460 bits per heavy atom. The first kappa shape index (κ1) is 34.5. The van der Waals surface area contributed by atoms with E-state index in [1.54, 1.807) is 24.3 Å². The summed E-state index contributed by atoms with van der Waals surface area (Å²) in [5.41, 5.74) is 3.91. The minimum absolute atomic E-state index is 0. The quantitative estimate of drug-likeness (QED) is 0.155. The van der Waals surface area contributed by atoms with Gasteiger partial charge < -0.3 is 19.1 Å². The van der Waals surface area contributed by atoms with Crippen molar-refractivity contribution >= 4 is 42.3 Å². The van der Waals surface area contributed by atoms with Gasteiger partial charge in [-0.2, -0.15) is 0 Å². The second-order valence-electron chi connectivity index (χ2n) is 11.0. The van der Waals surface area contributed by atoms with Crippen LogP contribution in [-0.4, -0.2) is 65.8 Å². The number of hydrogen-bond acceptors (Lipinski definition) is 12. The number of H-pyrrole nitrogens is 2. The fourth-order valence-corrected chi connectivity index (χ4v) is 6.96. The van der Waals surface area contributed by atoms with Crippen LogP contribution in [0.1, 0.15) is 0 Å². The fourth-order valence-electron chi connectivity index (χ4n) is 5.96. The van der Waals surface area contributed by atoms with Gasteiger partial charge in [-0.1, -0.05) is 48.5 Å². The van der Waals surface area contributed by atoms with Gasteiger partial charge in [0.05, 0.1) is 9.79 Å². The number of hydrogen-bond donors (Lipinski definition) is 2. The summed E-state index contributed by atoms with van der Waals surface area (Å²) in [5, 5.41) is 0.873. The Labute approximate surface area is 327 Å². The number of rotatable bonds is 2. The molecule has 3 aliphatic rings. The molecule has 5 heterocycles. The molecule has 8 bridgehead atoms. The molecule has 3 aliphatic heterocycles. The Balaban J connectivity index is 0.00000196. The van der Waals surface area contributed by atoms with E-state index in [-0.39, 0.29) is 99.4 Å². The van der Waals surface area contributed by atoms with Crippen molar-refractivity contribution < 1.29 is 85.1 Å². The molecule has 0 amide bonds. The molecule has 2 N–H and O–H groups in total. The SMILES string of the molecule is O=S(=O)([O-])c1ccc2c(c1)-c1nc-2nc2nc(nc3[nH]c([nH]c4nc(n1)-c1ccccc1-4)c1ccc(S(=O)(=O)[O-])cc31)-c1ccccc1-2.[Na+].[Na+]. The van der Waals surface area contributed by atoms with Crippen molar-refractivity contribution in [2.24, 2.45) is 0 Å². The average Bonchev–Trinajstić information content (AvgIpc) is 3.79. The first-order valence-corrected chi connectivity index (χ1v) is 17.0. The Hall–Kier alpha value is -3.94. The van der Waals surface area contributed by atoms with Gasteiger partial charge in [-0.25, -0.2) is 46.7 Å². The van der Waals surface area contributed by atoms with Gasteiger partial charge in [-0.15, -0.1) is 0 Å². The summed E-state index contributed by atoms with van der Waals surface area (Å²) in [7, 11) is -9.58. The molecule has 0 fully saturated rings. The van der Waals surface area contributed by atoms with Crippen molar-refractivity contribution in [2.75, 3.05) is 0 Å². The molecule has 6 aromatic rings. The van der Waals surface area contributed by atoms with Crippen LogP contribution < -0.4 is 59.1 Å². The molecule has 2 aromatic heterocycles. The Bertz CT molecular complexity index is 2880. The number of aromatic amines is 2. The van der Waals surface area contributed by atoms with Gasteiger partial charge in [-0.3, -0.25) is 0 Å². The molecular formula is C32H16N8Na2O6S2. The van der Waals surface area contributed by atoms with E-state index in [1.807, 2.05) is 24.3 Å². The van der Waals surface area contributed by atoms with E-state index in [1.165, 1.54) is 36.4 Å². The average molecular weight is 719 g/mol. The summed E-state index contributed by atoms with van der Waals surface area (Å²) in [5.74, 6) is 1.40. The van der Waals surface area contributed by atoms with Crippen LogP contribution in [0.2, 0.25) is 0 Å². The van der Waals surface area contributed by atoms with Gasteiger partial charge >= 0.3 is 59.1 Å². The van der Waals surface area contributed by atoms with Crippen molar-refractivity contribution in [3.63, 3.8) is 0 Å². The normalized spacial score (nSPS) is 12.2. The van der Waals surface area contributed by atoms with Crippen LogP contribution in [0.25, 0.3) is 90.4 Å². The summed E-state index contributed by atoms with van der Waals surface area (Å²) in [4.78, 5) is 34.0. The molecule has 0 spiro atoms. The van der Waals surface area contributed by atoms with Gasteiger partial charge in [0.1, 0.15) is 37.4 Å². The third kappa shape index (κ3) is 5.67. The van der Waals surface area contributed by atoms with Crippen LogP contribution in [0, 0.1) is 0 Å². The number of aromatic nitrogens is 8. The molecular weight excluding hydrogens is 703 g/mol. The first-order valence-electron chi connectivity index (χ1n) is 14.2. The largest absolute Gasteiger partial charge is 1.00 e. The summed E-state index contributed by atoms with van der Waals surface area (Å²) >= 11 is 0. The number of fused-ring (bicyclic) bond motifs is 20. The molecule has 0 saturated heterocycles. The van der Waals surface area contributed by atoms with Crippen molar-refractivity contribution in [1.82, 2.24) is 39.9 Å². The maximum Gasteiger partial charge on any atom is 1.00 e. The van der Waals surface area contributed by atoms with E-state index in [0.717, 1.165) is 0 Å². The van der Waals surface area contributed by atoms with Gasteiger partial charge in [0.25, 0.3) is 0 Å². The zero-order valence-corrected chi connectivity index (χ0v) is 31.7. The number of nitrogens with one attached hydrogen (secondary N) is 2. The van der Waals surface area contributed by atoms with Crippen LogP contribution in [0.4, 0.5) is 0 Å². The van der Waals surface area contributed by atoms with Gasteiger partial charge in [0.2, 0.25) is 0 Å².